The van der Waals surface area contributed by atoms with E-state index in [-0.39, 0.29) is 17.4 Å². The molecule has 0 spiro atoms. The van der Waals surface area contributed by atoms with Gasteiger partial charge < -0.3 is 10.1 Å². The maximum Gasteiger partial charge on any atom is 0.372 e. The van der Waals surface area contributed by atoms with Crippen LogP contribution in [0.3, 0.4) is 0 Å². The van der Waals surface area contributed by atoms with Crippen LogP contribution in [0, 0.1) is 10.1 Å². The topological polar surface area (TPSA) is 90.2 Å². The minimum Gasteiger partial charge on any atom is -0.476 e. The molecule has 0 aliphatic carbocycles. The lowest BCUT2D eigenvalue weighted by Crippen LogP contribution is -2.09. The lowest BCUT2D eigenvalue weighted by Gasteiger charge is -2.07. The zero-order chi connectivity index (χ0) is 15.1. The summed E-state index contributed by atoms with van der Waals surface area (Å²) in [5, 5.41) is 14.0. The maximum absolute atomic E-state index is 11.1. The van der Waals surface area contributed by atoms with Gasteiger partial charge in [0.2, 0.25) is 5.82 Å². The smallest absolute Gasteiger partial charge is 0.372 e. The summed E-state index contributed by atoms with van der Waals surface area (Å²) in [6.07, 6.45) is 2.97. The molecule has 2 aromatic rings. The zero-order valence-electron chi connectivity index (χ0n) is 11.7. The van der Waals surface area contributed by atoms with Crippen molar-refractivity contribution in [3.63, 3.8) is 0 Å². The van der Waals surface area contributed by atoms with Gasteiger partial charge in [0.15, 0.2) is 0 Å². The monoisotopic (exact) mass is 288 g/mol. The number of hydrogen-bond acceptors (Lipinski definition) is 6. The third-order valence-electron chi connectivity index (χ3n) is 2.94. The summed E-state index contributed by atoms with van der Waals surface area (Å²) < 4.78 is 4.89. The molecule has 1 N–H and O–H groups in total. The maximum atomic E-state index is 11.1. The van der Waals surface area contributed by atoms with E-state index in [1.54, 1.807) is 0 Å². The zero-order valence-corrected chi connectivity index (χ0v) is 11.7. The number of methoxy groups -OCH3 is 1. The number of nitro groups is 1. The van der Waals surface area contributed by atoms with Crippen LogP contribution < -0.4 is 10.1 Å². The van der Waals surface area contributed by atoms with Gasteiger partial charge in [-0.05, 0) is 18.4 Å². The minimum absolute atomic E-state index is 0.0411. The fourth-order valence-electron chi connectivity index (χ4n) is 1.95. The Kier molecular flexibility index (Phi) is 5.03. The van der Waals surface area contributed by atoms with E-state index in [1.165, 1.54) is 19.0 Å². The molecule has 1 heterocycles. The Hall–Kier alpha value is -2.70. The van der Waals surface area contributed by atoms with Gasteiger partial charge in [-0.2, -0.15) is 4.98 Å². The third kappa shape index (κ3) is 3.88. The van der Waals surface area contributed by atoms with Gasteiger partial charge in [0, 0.05) is 6.54 Å². The molecule has 0 fully saturated rings. The molecule has 0 saturated heterocycles. The first-order chi connectivity index (χ1) is 10.2. The second kappa shape index (κ2) is 7.18. The van der Waals surface area contributed by atoms with Crippen LogP contribution in [0.25, 0.3) is 0 Å². The summed E-state index contributed by atoms with van der Waals surface area (Å²) in [5.74, 6) is 0.139. The quantitative estimate of drug-likeness (QED) is 0.478. The summed E-state index contributed by atoms with van der Waals surface area (Å²) in [6, 6.07) is 10.1. The Bertz CT molecular complexity index is 604. The Morgan fingerprint density at radius 1 is 1.29 bits per heavy atom. The molecule has 0 radical (unpaired) electrons. The molecule has 0 saturated carbocycles. The van der Waals surface area contributed by atoms with Crippen LogP contribution in [0.1, 0.15) is 12.0 Å². The van der Waals surface area contributed by atoms with Gasteiger partial charge in [0.1, 0.15) is 6.33 Å². The number of nitrogens with one attached hydrogen (secondary N) is 1. The van der Waals surface area contributed by atoms with Crippen molar-refractivity contribution in [3.8, 4) is 5.88 Å². The minimum atomic E-state index is -0.543. The Morgan fingerprint density at radius 2 is 2.05 bits per heavy atom. The number of ether oxygens (including phenoxy) is 1. The van der Waals surface area contributed by atoms with Crippen LogP contribution in [0.4, 0.5) is 11.5 Å². The number of aromatic nitrogens is 2. The lowest BCUT2D eigenvalue weighted by molar-refractivity contribution is -0.385. The van der Waals surface area contributed by atoms with E-state index < -0.39 is 4.92 Å². The van der Waals surface area contributed by atoms with Crippen molar-refractivity contribution in [2.75, 3.05) is 19.0 Å². The predicted octanol–water partition coefficient (Wildman–Crippen LogP) is 2.44. The summed E-state index contributed by atoms with van der Waals surface area (Å²) in [7, 11) is 1.34. The van der Waals surface area contributed by atoms with Crippen molar-refractivity contribution >= 4 is 11.5 Å². The molecule has 2 rings (SSSR count). The van der Waals surface area contributed by atoms with Gasteiger partial charge in [-0.3, -0.25) is 10.1 Å². The summed E-state index contributed by atoms with van der Waals surface area (Å²) >= 11 is 0. The molecule has 7 heteroatoms. The van der Waals surface area contributed by atoms with E-state index in [2.05, 4.69) is 27.4 Å². The Morgan fingerprint density at radius 3 is 2.71 bits per heavy atom. The largest absolute Gasteiger partial charge is 0.476 e. The molecule has 0 atom stereocenters. The molecule has 1 aromatic carbocycles. The second-order valence-electron chi connectivity index (χ2n) is 4.35. The molecule has 7 nitrogen and oxygen atoms in total. The fraction of sp³-hybridized carbons (Fsp3) is 0.286. The first-order valence-corrected chi connectivity index (χ1v) is 6.53. The average Bonchev–Trinajstić information content (AvgIpc) is 2.52. The third-order valence-corrected chi connectivity index (χ3v) is 2.94. The van der Waals surface area contributed by atoms with Gasteiger partial charge in [0.25, 0.3) is 5.88 Å². The van der Waals surface area contributed by atoms with E-state index in [9.17, 15) is 10.1 Å². The standard InChI is InChI=1S/C14H16N4O3/c1-21-14-12(18(19)20)13(16-10-17-14)15-9-5-8-11-6-3-2-4-7-11/h2-4,6-7,10H,5,8-9H2,1H3,(H,15,16,17). The highest BCUT2D eigenvalue weighted by molar-refractivity contribution is 5.60. The van der Waals surface area contributed by atoms with Gasteiger partial charge >= 0.3 is 5.69 Å². The molecule has 0 amide bonds. The number of nitrogens with zero attached hydrogens (tertiary/aromatic N) is 3. The van der Waals surface area contributed by atoms with Crippen molar-refractivity contribution in [3.05, 3.63) is 52.3 Å². The van der Waals surface area contributed by atoms with E-state index in [1.807, 2.05) is 18.2 Å². The Balaban J connectivity index is 1.95. The Labute approximate surface area is 122 Å². The van der Waals surface area contributed by atoms with Gasteiger partial charge in [-0.1, -0.05) is 30.3 Å². The molecular formula is C14H16N4O3. The fourth-order valence-corrected chi connectivity index (χ4v) is 1.95. The molecule has 110 valence electrons. The molecule has 0 unspecified atom stereocenters. The van der Waals surface area contributed by atoms with Gasteiger partial charge in [0.05, 0.1) is 12.0 Å². The first kappa shape index (κ1) is 14.7. The normalized spacial score (nSPS) is 10.1. The van der Waals surface area contributed by atoms with E-state index in [0.717, 1.165) is 12.8 Å². The van der Waals surface area contributed by atoms with Crippen LogP contribution in [0.5, 0.6) is 5.88 Å². The predicted molar refractivity (Wildman–Crippen MR) is 78.5 cm³/mol. The molecule has 0 bridgehead atoms. The number of anilines is 1. The van der Waals surface area contributed by atoms with E-state index in [0.29, 0.717) is 6.54 Å². The van der Waals surface area contributed by atoms with Crippen molar-refractivity contribution in [2.24, 2.45) is 0 Å². The van der Waals surface area contributed by atoms with Crippen LogP contribution in [0.2, 0.25) is 0 Å². The first-order valence-electron chi connectivity index (χ1n) is 6.53. The van der Waals surface area contributed by atoms with E-state index >= 15 is 0 Å². The van der Waals surface area contributed by atoms with Gasteiger partial charge in [-0.15, -0.1) is 0 Å². The highest BCUT2D eigenvalue weighted by Crippen LogP contribution is 2.30. The average molecular weight is 288 g/mol. The van der Waals surface area contributed by atoms with Crippen molar-refractivity contribution in [2.45, 2.75) is 12.8 Å². The number of hydrogen-bond donors (Lipinski definition) is 1. The second-order valence-corrected chi connectivity index (χ2v) is 4.35. The lowest BCUT2D eigenvalue weighted by atomic mass is 10.1. The summed E-state index contributed by atoms with van der Waals surface area (Å²) in [4.78, 5) is 18.2. The molecule has 0 aliphatic heterocycles. The SMILES string of the molecule is COc1ncnc(NCCCc2ccccc2)c1[N+](=O)[O-]. The van der Waals surface area contributed by atoms with Crippen LogP contribution >= 0.6 is 0 Å². The van der Waals surface area contributed by atoms with Crippen LogP contribution in [0.15, 0.2) is 36.7 Å². The number of benzene rings is 1. The molecular weight excluding hydrogens is 272 g/mol. The highest BCUT2D eigenvalue weighted by Gasteiger charge is 2.23. The molecule has 21 heavy (non-hydrogen) atoms. The molecule has 1 aromatic heterocycles. The van der Waals surface area contributed by atoms with Crippen molar-refractivity contribution in [1.82, 2.24) is 9.97 Å². The van der Waals surface area contributed by atoms with Gasteiger partial charge in [-0.25, -0.2) is 4.98 Å². The summed E-state index contributed by atoms with van der Waals surface area (Å²) in [6.45, 7) is 0.579. The van der Waals surface area contributed by atoms with Crippen molar-refractivity contribution < 1.29 is 9.66 Å². The van der Waals surface area contributed by atoms with Crippen LogP contribution in [-0.2, 0) is 6.42 Å². The van der Waals surface area contributed by atoms with E-state index in [4.69, 9.17) is 4.74 Å². The highest BCUT2D eigenvalue weighted by atomic mass is 16.6. The summed E-state index contributed by atoms with van der Waals surface area (Å²) in [5.41, 5.74) is 0.994. The van der Waals surface area contributed by atoms with Crippen molar-refractivity contribution in [1.29, 1.82) is 0 Å². The van der Waals surface area contributed by atoms with Crippen LogP contribution in [-0.4, -0.2) is 28.5 Å². The number of aryl methyl sites for hydroxylation is 1. The molecule has 0 aliphatic rings. The number of rotatable bonds is 7.